The van der Waals surface area contributed by atoms with Crippen molar-refractivity contribution in [3.63, 3.8) is 0 Å². The molecule has 0 aliphatic carbocycles. The molecule has 2 aromatic carbocycles. The maximum atomic E-state index is 13.2. The minimum atomic E-state index is -3.76. The first-order valence-electron chi connectivity index (χ1n) is 8.15. The molecule has 27 heavy (non-hydrogen) atoms. The van der Waals surface area contributed by atoms with Crippen molar-refractivity contribution in [2.45, 2.75) is 11.8 Å². The van der Waals surface area contributed by atoms with Crippen molar-refractivity contribution in [1.29, 1.82) is 0 Å². The van der Waals surface area contributed by atoms with Crippen LogP contribution in [0.1, 0.15) is 4.88 Å². The Balaban J connectivity index is 2.05. The Hall–Kier alpha value is -2.84. The summed E-state index contributed by atoms with van der Waals surface area (Å²) >= 11 is 1.37. The van der Waals surface area contributed by atoms with Gasteiger partial charge in [0.1, 0.15) is 5.75 Å². The van der Waals surface area contributed by atoms with E-state index in [0.29, 0.717) is 27.7 Å². The Morgan fingerprint density at radius 1 is 1.15 bits per heavy atom. The van der Waals surface area contributed by atoms with Crippen molar-refractivity contribution in [2.24, 2.45) is 0 Å². The number of hydrogen-bond acceptors (Lipinski definition) is 6. The summed E-state index contributed by atoms with van der Waals surface area (Å²) in [6.07, 6.45) is 1.61. The van der Waals surface area contributed by atoms with Gasteiger partial charge in [-0.1, -0.05) is 18.2 Å². The number of ether oxygens (including phenoxy) is 1. The lowest BCUT2D eigenvalue weighted by atomic mass is 10.1. The highest BCUT2D eigenvalue weighted by Crippen LogP contribution is 2.38. The fraction of sp³-hybridized carbons (Fsp3) is 0.105. The van der Waals surface area contributed by atoms with Gasteiger partial charge in [0.05, 0.1) is 23.2 Å². The lowest BCUT2D eigenvalue weighted by Gasteiger charge is -2.07. The first kappa shape index (κ1) is 17.6. The van der Waals surface area contributed by atoms with Crippen molar-refractivity contribution in [3.05, 3.63) is 59.6 Å². The number of hydrogen-bond donors (Lipinski definition) is 1. The van der Waals surface area contributed by atoms with Gasteiger partial charge in [0.2, 0.25) is 0 Å². The van der Waals surface area contributed by atoms with Gasteiger partial charge in [-0.3, -0.25) is 0 Å². The van der Waals surface area contributed by atoms with Gasteiger partial charge in [-0.2, -0.15) is 0 Å². The van der Waals surface area contributed by atoms with E-state index in [4.69, 9.17) is 10.5 Å². The van der Waals surface area contributed by atoms with Crippen molar-refractivity contribution in [3.8, 4) is 17.0 Å². The average Bonchev–Trinajstić information content (AvgIpc) is 3.21. The highest BCUT2D eigenvalue weighted by molar-refractivity contribution is 7.90. The molecule has 0 aliphatic heterocycles. The van der Waals surface area contributed by atoms with Crippen LogP contribution in [0.5, 0.6) is 5.75 Å². The number of rotatable bonds is 4. The molecule has 0 radical (unpaired) electrons. The molecular weight excluding hydrogens is 382 g/mol. The van der Waals surface area contributed by atoms with Gasteiger partial charge in [-0.15, -0.1) is 11.3 Å². The summed E-state index contributed by atoms with van der Waals surface area (Å²) in [6, 6.07) is 13.6. The van der Waals surface area contributed by atoms with Crippen LogP contribution in [0.2, 0.25) is 0 Å². The molecule has 0 unspecified atom stereocenters. The number of nitrogen functional groups attached to an aromatic ring is 1. The van der Waals surface area contributed by atoms with Crippen molar-refractivity contribution < 1.29 is 13.2 Å². The summed E-state index contributed by atoms with van der Waals surface area (Å²) in [6.45, 7) is 1.92. The van der Waals surface area contributed by atoms with E-state index in [2.05, 4.69) is 4.98 Å². The smallest absolute Gasteiger partial charge is 0.268 e. The molecule has 0 saturated heterocycles. The number of fused-ring (bicyclic) bond motifs is 1. The summed E-state index contributed by atoms with van der Waals surface area (Å²) in [7, 11) is -2.18. The van der Waals surface area contributed by atoms with Crippen LogP contribution in [0.25, 0.3) is 22.2 Å². The monoisotopic (exact) mass is 399 g/mol. The molecule has 0 atom stereocenters. The van der Waals surface area contributed by atoms with Crippen LogP contribution < -0.4 is 10.5 Å². The Bertz CT molecular complexity index is 1240. The van der Waals surface area contributed by atoms with Gasteiger partial charge < -0.3 is 10.5 Å². The van der Waals surface area contributed by atoms with Crippen LogP contribution in [0.15, 0.2) is 59.6 Å². The standard InChI is InChI=1S/C19H17N3O3S2/c1-12-18(21-19(20)26-12)16-11-22(17-9-8-13(25-2)10-15(16)17)27(23,24)14-6-4-3-5-7-14/h3-11H,1-2H3,(H2,20,21). The van der Waals surface area contributed by atoms with Crippen LogP contribution in [-0.4, -0.2) is 24.5 Å². The molecule has 2 aromatic heterocycles. The zero-order valence-electron chi connectivity index (χ0n) is 14.7. The molecule has 0 amide bonds. The molecule has 2 N–H and O–H groups in total. The van der Waals surface area contributed by atoms with E-state index in [1.807, 2.05) is 13.0 Å². The molecule has 0 fully saturated rings. The lowest BCUT2D eigenvalue weighted by Crippen LogP contribution is -2.11. The largest absolute Gasteiger partial charge is 0.497 e. The van der Waals surface area contributed by atoms with Gasteiger partial charge in [0.15, 0.2) is 5.13 Å². The van der Waals surface area contributed by atoms with Crippen molar-refractivity contribution >= 4 is 37.4 Å². The van der Waals surface area contributed by atoms with E-state index in [9.17, 15) is 8.42 Å². The Morgan fingerprint density at radius 3 is 2.52 bits per heavy atom. The molecule has 0 spiro atoms. The molecule has 138 valence electrons. The van der Waals surface area contributed by atoms with Gasteiger partial charge in [0, 0.05) is 22.0 Å². The second-order valence-corrected chi connectivity index (χ2v) is 9.05. The SMILES string of the molecule is COc1ccc2c(c1)c(-c1nc(N)sc1C)cn2S(=O)(=O)c1ccccc1. The molecule has 0 bridgehead atoms. The van der Waals surface area contributed by atoms with Crippen LogP contribution in [0.3, 0.4) is 0 Å². The third-order valence-corrected chi connectivity index (χ3v) is 6.83. The molecule has 0 aliphatic rings. The number of methoxy groups -OCH3 is 1. The molecule has 2 heterocycles. The van der Waals surface area contributed by atoms with Crippen LogP contribution in [0, 0.1) is 6.92 Å². The van der Waals surface area contributed by atoms with Crippen LogP contribution in [-0.2, 0) is 10.0 Å². The fourth-order valence-corrected chi connectivity index (χ4v) is 5.16. The zero-order chi connectivity index (χ0) is 19.2. The summed E-state index contributed by atoms with van der Waals surface area (Å²) in [5.41, 5.74) is 7.80. The maximum absolute atomic E-state index is 13.2. The van der Waals surface area contributed by atoms with Gasteiger partial charge >= 0.3 is 0 Å². The van der Waals surface area contributed by atoms with E-state index in [1.54, 1.807) is 55.8 Å². The molecule has 4 aromatic rings. The lowest BCUT2D eigenvalue weighted by molar-refractivity contribution is 0.415. The summed E-state index contributed by atoms with van der Waals surface area (Å²) in [5.74, 6) is 0.638. The van der Waals surface area contributed by atoms with E-state index in [1.165, 1.54) is 15.3 Å². The van der Waals surface area contributed by atoms with Gasteiger partial charge in [0.25, 0.3) is 10.0 Å². The maximum Gasteiger partial charge on any atom is 0.268 e. The van der Waals surface area contributed by atoms with E-state index >= 15 is 0 Å². The quantitative estimate of drug-likeness (QED) is 0.562. The molecular formula is C19H17N3O3S2. The van der Waals surface area contributed by atoms with Crippen LogP contribution >= 0.6 is 11.3 Å². The second kappa shape index (κ2) is 6.40. The number of anilines is 1. The summed E-state index contributed by atoms with van der Waals surface area (Å²) < 4.78 is 33.1. The Labute approximate surface area is 160 Å². The molecule has 4 rings (SSSR count). The Morgan fingerprint density at radius 2 is 1.89 bits per heavy atom. The number of aryl methyl sites for hydroxylation is 1. The minimum absolute atomic E-state index is 0.221. The molecule has 0 saturated carbocycles. The number of benzene rings is 2. The van der Waals surface area contributed by atoms with E-state index in [-0.39, 0.29) is 4.90 Å². The summed E-state index contributed by atoms with van der Waals surface area (Å²) in [5, 5.41) is 1.18. The number of nitrogens with two attached hydrogens (primary N) is 1. The zero-order valence-corrected chi connectivity index (χ0v) is 16.3. The number of aromatic nitrogens is 2. The van der Waals surface area contributed by atoms with E-state index < -0.39 is 10.0 Å². The molecule has 8 heteroatoms. The first-order valence-corrected chi connectivity index (χ1v) is 10.4. The van der Waals surface area contributed by atoms with Crippen LogP contribution in [0.4, 0.5) is 5.13 Å². The first-order chi connectivity index (χ1) is 12.9. The summed E-state index contributed by atoms with van der Waals surface area (Å²) in [4.78, 5) is 5.55. The predicted octanol–water partition coefficient (Wildman–Crippen LogP) is 3.90. The average molecular weight is 399 g/mol. The van der Waals surface area contributed by atoms with Crippen molar-refractivity contribution in [1.82, 2.24) is 8.96 Å². The number of nitrogens with zero attached hydrogens (tertiary/aromatic N) is 2. The second-order valence-electron chi connectivity index (χ2n) is 6.00. The Kier molecular flexibility index (Phi) is 4.16. The number of thiazole rings is 1. The van der Waals surface area contributed by atoms with Crippen molar-refractivity contribution in [2.75, 3.05) is 12.8 Å². The third-order valence-electron chi connectivity index (χ3n) is 4.35. The fourth-order valence-electron chi connectivity index (χ4n) is 3.07. The normalized spacial score (nSPS) is 11.8. The highest BCUT2D eigenvalue weighted by Gasteiger charge is 2.23. The van der Waals surface area contributed by atoms with Gasteiger partial charge in [-0.25, -0.2) is 17.4 Å². The molecule has 6 nitrogen and oxygen atoms in total. The third kappa shape index (κ3) is 2.87. The topological polar surface area (TPSA) is 87.2 Å². The van der Waals surface area contributed by atoms with Gasteiger partial charge in [-0.05, 0) is 37.3 Å². The van der Waals surface area contributed by atoms with E-state index in [0.717, 1.165) is 10.3 Å². The highest BCUT2D eigenvalue weighted by atomic mass is 32.2. The predicted molar refractivity (Wildman–Crippen MR) is 108 cm³/mol. The minimum Gasteiger partial charge on any atom is -0.497 e.